The highest BCUT2D eigenvalue weighted by molar-refractivity contribution is 8.00. The van der Waals surface area contributed by atoms with Crippen molar-refractivity contribution in [1.82, 2.24) is 40.7 Å². The second-order valence-corrected chi connectivity index (χ2v) is 23.1. The van der Waals surface area contributed by atoms with Gasteiger partial charge in [-0.3, -0.25) is 49.1 Å². The number of carbonyl (C=O) groups excluding carboxylic acids is 7. The third-order valence-electron chi connectivity index (χ3n) is 15.7. The van der Waals surface area contributed by atoms with Gasteiger partial charge in [0.05, 0.1) is 41.4 Å². The number of hydrogen-bond donors (Lipinski definition) is 5. The molecule has 6 aliphatic heterocycles. The number of ether oxygens (including phenoxy) is 1. The fourth-order valence-electron chi connectivity index (χ4n) is 11.6. The van der Waals surface area contributed by atoms with E-state index in [2.05, 4.69) is 55.7 Å². The number of rotatable bonds is 12. The molecule has 2 aromatic carbocycles. The monoisotopic (exact) mass is 958 g/mol. The summed E-state index contributed by atoms with van der Waals surface area (Å²) in [7, 11) is -3.36. The van der Waals surface area contributed by atoms with Crippen molar-refractivity contribution < 1.29 is 46.7 Å². The molecule has 6 atom stereocenters. The summed E-state index contributed by atoms with van der Waals surface area (Å²) in [5.74, 6) is -1.45. The molecule has 6 heterocycles. The van der Waals surface area contributed by atoms with E-state index in [9.17, 15) is 42.0 Å². The van der Waals surface area contributed by atoms with Crippen molar-refractivity contribution in [2.75, 3.05) is 51.3 Å². The van der Waals surface area contributed by atoms with Crippen molar-refractivity contribution in [3.63, 3.8) is 0 Å². The highest BCUT2D eigenvalue weighted by Crippen LogP contribution is 2.56. The molecule has 10 rings (SSSR count). The third kappa shape index (κ3) is 9.11. The van der Waals surface area contributed by atoms with Crippen molar-refractivity contribution >= 4 is 63.1 Å². The van der Waals surface area contributed by atoms with Gasteiger partial charge in [0, 0.05) is 50.4 Å². The van der Waals surface area contributed by atoms with Crippen molar-refractivity contribution in [3.8, 4) is 5.75 Å². The average Bonchev–Trinajstić information content (AvgIpc) is 3.58. The third-order valence-corrected chi connectivity index (χ3v) is 18.1. The zero-order valence-corrected chi connectivity index (χ0v) is 39.2. The van der Waals surface area contributed by atoms with E-state index in [4.69, 9.17) is 4.74 Å². The van der Waals surface area contributed by atoms with E-state index < -0.39 is 45.6 Å². The number of sulfonamides is 1. The number of carbonyl (C=O) groups is 7. The fourth-order valence-corrected chi connectivity index (χ4v) is 13.7. The molecule has 1 spiro atoms. The van der Waals surface area contributed by atoms with Gasteiger partial charge in [-0.05, 0) is 111 Å². The molecule has 0 radical (unpaired) electrons. The van der Waals surface area contributed by atoms with Crippen LogP contribution >= 0.6 is 11.8 Å². The Morgan fingerprint density at radius 3 is 2.40 bits per heavy atom. The Morgan fingerprint density at radius 2 is 1.67 bits per heavy atom. The lowest BCUT2D eigenvalue weighted by Crippen LogP contribution is -2.56. The zero-order valence-electron chi connectivity index (χ0n) is 37.6. The predicted octanol–water partition coefficient (Wildman–Crippen LogP) is 1.73. The first-order valence-corrected chi connectivity index (χ1v) is 26.5. The van der Waals surface area contributed by atoms with E-state index in [-0.39, 0.29) is 89.3 Å². The summed E-state index contributed by atoms with van der Waals surface area (Å²) in [6, 6.07) is 12.6. The smallest absolute Gasteiger partial charge is 0.262 e. The molecule has 358 valence electrons. The van der Waals surface area contributed by atoms with E-state index in [0.717, 1.165) is 80.4 Å². The molecule has 6 unspecified atom stereocenters. The number of nitrogens with zero attached hydrogens (tertiary/aromatic N) is 3. The molecule has 8 aliphatic rings. The molecule has 67 heavy (non-hydrogen) atoms. The number of imide groups is 2. The lowest BCUT2D eigenvalue weighted by Gasteiger charge is -2.52. The van der Waals surface area contributed by atoms with Crippen molar-refractivity contribution in [2.24, 2.45) is 16.7 Å². The topological polar surface area (TPSA) is 233 Å². The van der Waals surface area contributed by atoms with E-state index >= 15 is 0 Å². The first kappa shape index (κ1) is 45.9. The van der Waals surface area contributed by atoms with Gasteiger partial charge >= 0.3 is 0 Å². The second kappa shape index (κ2) is 17.9. The van der Waals surface area contributed by atoms with Crippen LogP contribution in [0.2, 0.25) is 0 Å². The van der Waals surface area contributed by atoms with Crippen LogP contribution in [0.15, 0.2) is 42.5 Å². The average molecular weight is 959 g/mol. The van der Waals surface area contributed by atoms with Gasteiger partial charge in [0.15, 0.2) is 0 Å². The predicted molar refractivity (Wildman–Crippen MR) is 245 cm³/mol. The number of piperidine rings is 3. The lowest BCUT2D eigenvalue weighted by molar-refractivity contribution is -0.144. The second-order valence-electron chi connectivity index (χ2n) is 20.0. The first-order chi connectivity index (χ1) is 32.1. The van der Waals surface area contributed by atoms with Crippen LogP contribution in [0.5, 0.6) is 5.75 Å². The molecule has 5 saturated heterocycles. The number of fused-ring (bicyclic) bond motifs is 1. The first-order valence-electron chi connectivity index (χ1n) is 23.6. The van der Waals surface area contributed by atoms with E-state index in [1.807, 2.05) is 0 Å². The minimum atomic E-state index is -3.36. The van der Waals surface area contributed by atoms with Crippen LogP contribution in [-0.4, -0.2) is 139 Å². The van der Waals surface area contributed by atoms with Gasteiger partial charge < -0.3 is 25.6 Å². The molecular weight excluding hydrogens is 901 g/mol. The molecule has 20 heteroatoms. The summed E-state index contributed by atoms with van der Waals surface area (Å²) < 4.78 is 31.2. The number of hydrogen-bond acceptors (Lipinski definition) is 13. The highest BCUT2D eigenvalue weighted by atomic mass is 32.2. The van der Waals surface area contributed by atoms with Crippen LogP contribution in [0.1, 0.15) is 114 Å². The van der Waals surface area contributed by atoms with Crippen LogP contribution in [0.3, 0.4) is 0 Å². The molecule has 5 N–H and O–H groups in total. The van der Waals surface area contributed by atoms with Crippen LogP contribution in [0.4, 0.5) is 0 Å². The molecule has 2 aromatic rings. The van der Waals surface area contributed by atoms with Crippen LogP contribution in [-0.2, 0) is 34.0 Å². The number of benzene rings is 2. The molecular formula is C47H58N8O10S2. The Labute approximate surface area is 393 Å². The molecule has 0 aromatic heterocycles. The maximum atomic E-state index is 14.3. The standard InChI is InChI=1S/C47H58N8O10S2/c1-67(63,64)54-16-10-30(25-54)40(58)49-24-39(57)52-45-50-35(26-66-45)29-4-2-3-27(19-29)28-9-15-48-37(20-28)47(11-12-47)44(62)53-17-13-46(14-18-53)22-32(23-46)65-31-5-6-33-34(21-31)43(61)55(42(33)60)36-7-8-38(56)51-41(36)59/h2-6,19,21,28,30,32,35-37,45,48,50H,7-18,20,22-26H2,1H3,(H,49,58)(H,52,57)(H,51,56,59). The van der Waals surface area contributed by atoms with Crippen molar-refractivity contribution in [2.45, 2.75) is 106 Å². The molecule has 18 nitrogen and oxygen atoms in total. The van der Waals surface area contributed by atoms with Gasteiger partial charge in [-0.25, -0.2) is 12.7 Å². The Balaban J connectivity index is 0.675. The Hall–Kier alpha value is -4.89. The van der Waals surface area contributed by atoms with E-state index in [0.29, 0.717) is 37.7 Å². The summed E-state index contributed by atoms with van der Waals surface area (Å²) in [6.07, 6.45) is 8.80. The van der Waals surface area contributed by atoms with Crippen molar-refractivity contribution in [1.29, 1.82) is 0 Å². The van der Waals surface area contributed by atoms with E-state index in [1.54, 1.807) is 30.0 Å². The normalized spacial score (nSPS) is 29.3. The Morgan fingerprint density at radius 1 is 0.910 bits per heavy atom. The van der Waals surface area contributed by atoms with Crippen LogP contribution < -0.4 is 31.3 Å². The van der Waals surface area contributed by atoms with Gasteiger partial charge in [-0.1, -0.05) is 24.3 Å². The van der Waals surface area contributed by atoms with Crippen LogP contribution in [0.25, 0.3) is 0 Å². The summed E-state index contributed by atoms with van der Waals surface area (Å²) in [5, 5.41) is 15.1. The van der Waals surface area contributed by atoms with Crippen molar-refractivity contribution in [3.05, 3.63) is 64.7 Å². The lowest BCUT2D eigenvalue weighted by atomic mass is 9.61. The van der Waals surface area contributed by atoms with Gasteiger partial charge in [-0.2, -0.15) is 0 Å². The zero-order chi connectivity index (χ0) is 46.8. The number of amides is 7. The SMILES string of the molecule is CS(=O)(=O)N1CCC(C(=O)NCC(=O)NC2NC(c3cccc(C4CCNC(C5(C(=O)N6CCC7(CC6)CC(Oc6ccc8c(c6)C(=O)N(C6CCC(=O)NC6=O)C8=O)C7)CC5)C4)c3)CS2)C1. The van der Waals surface area contributed by atoms with Gasteiger partial charge in [-0.15, -0.1) is 11.8 Å². The highest BCUT2D eigenvalue weighted by Gasteiger charge is 2.59. The number of thioether (sulfide) groups is 1. The quantitative estimate of drug-likeness (QED) is 0.191. The Kier molecular flexibility index (Phi) is 12.2. The molecule has 2 aliphatic carbocycles. The minimum absolute atomic E-state index is 0.0238. The molecule has 2 saturated carbocycles. The van der Waals surface area contributed by atoms with Crippen LogP contribution in [0, 0.1) is 16.7 Å². The number of nitrogens with one attached hydrogen (secondary N) is 5. The molecule has 7 amide bonds. The largest absolute Gasteiger partial charge is 0.490 e. The maximum absolute atomic E-state index is 14.3. The van der Waals surface area contributed by atoms with E-state index in [1.165, 1.54) is 9.87 Å². The summed E-state index contributed by atoms with van der Waals surface area (Å²) in [6.45, 7) is 2.51. The summed E-state index contributed by atoms with van der Waals surface area (Å²) in [5.41, 5.74) is 2.21. The fraction of sp³-hybridized carbons (Fsp3) is 0.596. The summed E-state index contributed by atoms with van der Waals surface area (Å²) in [4.78, 5) is 93.3. The number of likely N-dealkylation sites (tertiary alicyclic amines) is 1. The van der Waals surface area contributed by atoms with Gasteiger partial charge in [0.25, 0.3) is 11.8 Å². The van der Waals surface area contributed by atoms with Gasteiger partial charge in [0.1, 0.15) is 17.3 Å². The molecule has 0 bridgehead atoms. The van der Waals surface area contributed by atoms with Gasteiger partial charge in [0.2, 0.25) is 39.6 Å². The summed E-state index contributed by atoms with van der Waals surface area (Å²) >= 11 is 1.59. The molecule has 7 fully saturated rings. The minimum Gasteiger partial charge on any atom is -0.490 e. The Bertz CT molecular complexity index is 2500. The maximum Gasteiger partial charge on any atom is 0.262 e.